The highest BCUT2D eigenvalue weighted by molar-refractivity contribution is 5.96. The van der Waals surface area contributed by atoms with Crippen LogP contribution in [-0.2, 0) is 0 Å². The maximum atomic E-state index is 11.7. The van der Waals surface area contributed by atoms with Gasteiger partial charge in [-0.1, -0.05) is 30.3 Å². The van der Waals surface area contributed by atoms with Crippen molar-refractivity contribution in [2.75, 3.05) is 6.61 Å². The molecule has 0 unspecified atom stereocenters. The molecule has 1 aromatic carbocycles. The minimum Gasteiger partial charge on any atom is -0.396 e. The molecule has 0 spiro atoms. The number of nitrogens with zero attached hydrogens (tertiary/aromatic N) is 1. The van der Waals surface area contributed by atoms with Crippen LogP contribution >= 0.6 is 0 Å². The SMILES string of the molecule is O=C(CCCO)c1ccc(-c2ccccn2)cc1. The van der Waals surface area contributed by atoms with E-state index in [0.717, 1.165) is 11.3 Å². The van der Waals surface area contributed by atoms with Crippen molar-refractivity contribution in [3.63, 3.8) is 0 Å². The van der Waals surface area contributed by atoms with Gasteiger partial charge in [0.25, 0.3) is 0 Å². The first-order valence-electron chi connectivity index (χ1n) is 5.97. The number of pyridine rings is 1. The molecule has 0 bridgehead atoms. The molecule has 0 saturated heterocycles. The normalized spacial score (nSPS) is 10.3. The summed E-state index contributed by atoms with van der Waals surface area (Å²) in [5, 5.41) is 8.69. The van der Waals surface area contributed by atoms with Crippen LogP contribution in [0.15, 0.2) is 48.7 Å². The zero-order valence-corrected chi connectivity index (χ0v) is 10.0. The molecule has 0 aliphatic carbocycles. The van der Waals surface area contributed by atoms with E-state index in [2.05, 4.69) is 4.98 Å². The topological polar surface area (TPSA) is 50.2 Å². The summed E-state index contributed by atoms with van der Waals surface area (Å²) in [6, 6.07) is 13.2. The molecule has 1 aromatic heterocycles. The number of hydrogen-bond donors (Lipinski definition) is 1. The molecule has 0 saturated carbocycles. The molecule has 2 aromatic rings. The fourth-order valence-corrected chi connectivity index (χ4v) is 1.74. The molecular formula is C15H15NO2. The fourth-order valence-electron chi connectivity index (χ4n) is 1.74. The second-order valence-electron chi connectivity index (χ2n) is 4.04. The highest BCUT2D eigenvalue weighted by atomic mass is 16.3. The molecule has 1 N–H and O–H groups in total. The van der Waals surface area contributed by atoms with Crippen molar-refractivity contribution in [2.24, 2.45) is 0 Å². The van der Waals surface area contributed by atoms with Crippen LogP contribution in [0.2, 0.25) is 0 Å². The lowest BCUT2D eigenvalue weighted by atomic mass is 10.0. The average Bonchev–Trinajstić information content (AvgIpc) is 2.46. The number of aliphatic hydroxyl groups is 1. The average molecular weight is 241 g/mol. The Kier molecular flexibility index (Phi) is 4.20. The van der Waals surface area contributed by atoms with Gasteiger partial charge in [0.05, 0.1) is 5.69 Å². The number of benzene rings is 1. The summed E-state index contributed by atoms with van der Waals surface area (Å²) in [5.74, 6) is 0.0663. The summed E-state index contributed by atoms with van der Waals surface area (Å²) in [7, 11) is 0. The smallest absolute Gasteiger partial charge is 0.162 e. The Morgan fingerprint density at radius 3 is 2.50 bits per heavy atom. The van der Waals surface area contributed by atoms with Crippen LogP contribution in [0.4, 0.5) is 0 Å². The summed E-state index contributed by atoms with van der Waals surface area (Å²) in [4.78, 5) is 16.0. The van der Waals surface area contributed by atoms with E-state index >= 15 is 0 Å². The van der Waals surface area contributed by atoms with E-state index in [1.54, 1.807) is 6.20 Å². The van der Waals surface area contributed by atoms with Gasteiger partial charge in [-0.25, -0.2) is 0 Å². The number of aromatic nitrogens is 1. The maximum Gasteiger partial charge on any atom is 0.162 e. The number of carbonyl (C=O) groups excluding carboxylic acids is 1. The van der Waals surface area contributed by atoms with Crippen LogP contribution in [0.25, 0.3) is 11.3 Å². The van der Waals surface area contributed by atoms with Crippen molar-refractivity contribution in [1.82, 2.24) is 4.98 Å². The molecule has 0 fully saturated rings. The number of Topliss-reactive ketones (excluding diaryl/α,β-unsaturated/α-hetero) is 1. The van der Waals surface area contributed by atoms with Crippen LogP contribution in [0.1, 0.15) is 23.2 Å². The second-order valence-corrected chi connectivity index (χ2v) is 4.04. The Balaban J connectivity index is 2.13. The monoisotopic (exact) mass is 241 g/mol. The Hall–Kier alpha value is -2.00. The van der Waals surface area contributed by atoms with Crippen LogP contribution in [0, 0.1) is 0 Å². The first-order chi connectivity index (χ1) is 8.81. The van der Waals surface area contributed by atoms with Crippen molar-refractivity contribution in [1.29, 1.82) is 0 Å². The number of hydrogen-bond acceptors (Lipinski definition) is 3. The van der Waals surface area contributed by atoms with Gasteiger partial charge in [0, 0.05) is 30.4 Å². The van der Waals surface area contributed by atoms with E-state index in [9.17, 15) is 4.79 Å². The van der Waals surface area contributed by atoms with E-state index < -0.39 is 0 Å². The summed E-state index contributed by atoms with van der Waals surface area (Å²) in [5.41, 5.74) is 2.57. The van der Waals surface area contributed by atoms with Crippen LogP contribution in [0.5, 0.6) is 0 Å². The molecule has 1 heterocycles. The molecule has 0 amide bonds. The van der Waals surface area contributed by atoms with Crippen molar-refractivity contribution >= 4 is 5.78 Å². The third-order valence-electron chi connectivity index (χ3n) is 2.73. The Morgan fingerprint density at radius 1 is 1.11 bits per heavy atom. The summed E-state index contributed by atoms with van der Waals surface area (Å²) in [6.45, 7) is 0.0533. The molecular weight excluding hydrogens is 226 g/mol. The number of rotatable bonds is 5. The highest BCUT2D eigenvalue weighted by Gasteiger charge is 2.05. The van der Waals surface area contributed by atoms with Gasteiger partial charge in [0.15, 0.2) is 5.78 Å². The Labute approximate surface area is 106 Å². The van der Waals surface area contributed by atoms with Gasteiger partial charge in [-0.15, -0.1) is 0 Å². The minimum atomic E-state index is 0.0533. The lowest BCUT2D eigenvalue weighted by Gasteiger charge is -2.03. The number of ketones is 1. The van der Waals surface area contributed by atoms with Gasteiger partial charge >= 0.3 is 0 Å². The molecule has 2 rings (SSSR count). The second kappa shape index (κ2) is 6.07. The predicted octanol–water partition coefficient (Wildman–Crippen LogP) is 2.70. The van der Waals surface area contributed by atoms with Crippen molar-refractivity contribution < 1.29 is 9.90 Å². The summed E-state index contributed by atoms with van der Waals surface area (Å²) < 4.78 is 0. The van der Waals surface area contributed by atoms with Crippen LogP contribution < -0.4 is 0 Å². The molecule has 0 atom stereocenters. The van der Waals surface area contributed by atoms with Crippen molar-refractivity contribution in [3.05, 3.63) is 54.2 Å². The molecule has 92 valence electrons. The Morgan fingerprint density at radius 2 is 1.89 bits per heavy atom. The van der Waals surface area contributed by atoms with Crippen LogP contribution in [-0.4, -0.2) is 22.5 Å². The van der Waals surface area contributed by atoms with Crippen LogP contribution in [0.3, 0.4) is 0 Å². The number of aliphatic hydroxyl groups excluding tert-OH is 1. The molecule has 0 aliphatic rings. The van der Waals surface area contributed by atoms with Gasteiger partial charge in [-0.2, -0.15) is 0 Å². The highest BCUT2D eigenvalue weighted by Crippen LogP contribution is 2.17. The van der Waals surface area contributed by atoms with Crippen molar-refractivity contribution in [3.8, 4) is 11.3 Å². The molecule has 3 nitrogen and oxygen atoms in total. The van der Waals surface area contributed by atoms with Gasteiger partial charge in [0.1, 0.15) is 0 Å². The molecule has 0 aliphatic heterocycles. The maximum absolute atomic E-state index is 11.7. The lowest BCUT2D eigenvalue weighted by Crippen LogP contribution is -2.00. The fraction of sp³-hybridized carbons (Fsp3) is 0.200. The quantitative estimate of drug-likeness (QED) is 0.819. The Bertz CT molecular complexity index is 506. The minimum absolute atomic E-state index is 0.0533. The van der Waals surface area contributed by atoms with Crippen molar-refractivity contribution in [2.45, 2.75) is 12.8 Å². The zero-order valence-electron chi connectivity index (χ0n) is 10.0. The predicted molar refractivity (Wildman–Crippen MR) is 70.3 cm³/mol. The first kappa shape index (κ1) is 12.5. The first-order valence-corrected chi connectivity index (χ1v) is 5.97. The van der Waals surface area contributed by atoms with Gasteiger partial charge < -0.3 is 5.11 Å². The number of carbonyl (C=O) groups is 1. The third kappa shape index (κ3) is 3.02. The van der Waals surface area contributed by atoms with Gasteiger partial charge in [0.2, 0.25) is 0 Å². The standard InChI is InChI=1S/C15H15NO2/c17-11-3-5-15(18)13-8-6-12(7-9-13)14-4-1-2-10-16-14/h1-2,4,6-10,17H,3,5,11H2. The summed E-state index contributed by atoms with van der Waals surface area (Å²) >= 11 is 0. The van der Waals surface area contributed by atoms with Gasteiger partial charge in [-0.3, -0.25) is 9.78 Å². The molecule has 18 heavy (non-hydrogen) atoms. The zero-order chi connectivity index (χ0) is 12.8. The molecule has 3 heteroatoms. The lowest BCUT2D eigenvalue weighted by molar-refractivity contribution is 0.0971. The van der Waals surface area contributed by atoms with E-state index in [1.807, 2.05) is 42.5 Å². The van der Waals surface area contributed by atoms with Gasteiger partial charge in [-0.05, 0) is 18.6 Å². The largest absolute Gasteiger partial charge is 0.396 e. The van der Waals surface area contributed by atoms with E-state index in [0.29, 0.717) is 18.4 Å². The molecule has 0 radical (unpaired) electrons. The third-order valence-corrected chi connectivity index (χ3v) is 2.73. The summed E-state index contributed by atoms with van der Waals surface area (Å²) in [6.07, 6.45) is 2.65. The van der Waals surface area contributed by atoms with E-state index in [-0.39, 0.29) is 12.4 Å². The van der Waals surface area contributed by atoms with E-state index in [1.165, 1.54) is 0 Å². The van der Waals surface area contributed by atoms with E-state index in [4.69, 9.17) is 5.11 Å².